The zero-order chi connectivity index (χ0) is 18.9. The molecule has 2 aromatic rings. The lowest BCUT2D eigenvalue weighted by molar-refractivity contribution is -0.121. The maximum absolute atomic E-state index is 12.1. The molecule has 2 aromatic heterocycles. The number of carbonyl (C=O) groups is 2. The highest BCUT2D eigenvalue weighted by Gasteiger charge is 2.17. The third-order valence-electron chi connectivity index (χ3n) is 3.71. The minimum atomic E-state index is -0.474. The van der Waals surface area contributed by atoms with Gasteiger partial charge in [0.25, 0.3) is 5.89 Å². The van der Waals surface area contributed by atoms with Gasteiger partial charge in [-0.1, -0.05) is 19.9 Å². The minimum absolute atomic E-state index is 0.0172. The molecule has 142 valence electrons. The molecule has 2 N–H and O–H groups in total. The van der Waals surface area contributed by atoms with Crippen LogP contribution in [0, 0.1) is 0 Å². The van der Waals surface area contributed by atoms with Crippen molar-refractivity contribution in [3.63, 3.8) is 0 Å². The molecule has 0 bridgehead atoms. The number of rotatable bonds is 9. The zero-order valence-corrected chi connectivity index (χ0v) is 16.1. The van der Waals surface area contributed by atoms with Crippen LogP contribution in [0.2, 0.25) is 0 Å². The zero-order valence-electron chi connectivity index (χ0n) is 15.3. The van der Waals surface area contributed by atoms with Crippen LogP contribution in [0.4, 0.5) is 4.79 Å². The van der Waals surface area contributed by atoms with Gasteiger partial charge >= 0.3 is 6.03 Å². The van der Waals surface area contributed by atoms with Crippen molar-refractivity contribution in [1.29, 1.82) is 0 Å². The number of carbonyl (C=O) groups excluding carboxylic acids is 2. The van der Waals surface area contributed by atoms with Gasteiger partial charge in [0.1, 0.15) is 0 Å². The van der Waals surface area contributed by atoms with Crippen molar-refractivity contribution >= 4 is 23.3 Å². The van der Waals surface area contributed by atoms with E-state index in [1.54, 1.807) is 0 Å². The molecule has 2 heterocycles. The highest BCUT2D eigenvalue weighted by atomic mass is 32.1. The fourth-order valence-electron chi connectivity index (χ4n) is 2.27. The van der Waals surface area contributed by atoms with E-state index >= 15 is 0 Å². The summed E-state index contributed by atoms with van der Waals surface area (Å²) in [6, 6.07) is 3.37. The second kappa shape index (κ2) is 10.0. The van der Waals surface area contributed by atoms with Gasteiger partial charge in [-0.2, -0.15) is 0 Å². The molecule has 0 aromatic carbocycles. The van der Waals surface area contributed by atoms with Crippen LogP contribution in [-0.4, -0.2) is 46.2 Å². The van der Waals surface area contributed by atoms with Gasteiger partial charge in [0.2, 0.25) is 11.8 Å². The average molecular weight is 379 g/mol. The molecule has 3 amide bonds. The Hall–Kier alpha value is -2.26. The number of thiophene rings is 1. The second-order valence-electron chi connectivity index (χ2n) is 6.02. The summed E-state index contributed by atoms with van der Waals surface area (Å²) in [5.74, 6) is 0.555. The second-order valence-corrected chi connectivity index (χ2v) is 6.97. The van der Waals surface area contributed by atoms with E-state index in [0.717, 1.165) is 17.7 Å². The Morgan fingerprint density at radius 2 is 2.15 bits per heavy atom. The summed E-state index contributed by atoms with van der Waals surface area (Å²) in [5.41, 5.74) is 0. The first kappa shape index (κ1) is 20.1. The average Bonchev–Trinajstić information content (AvgIpc) is 3.25. The fourth-order valence-corrected chi connectivity index (χ4v) is 2.91. The Balaban J connectivity index is 1.90. The van der Waals surface area contributed by atoms with Gasteiger partial charge in [-0.15, -0.1) is 21.5 Å². The first-order valence-electron chi connectivity index (χ1n) is 8.70. The number of hydrogen-bond donors (Lipinski definition) is 2. The summed E-state index contributed by atoms with van der Waals surface area (Å²) in [5, 5.41) is 15.1. The predicted molar refractivity (Wildman–Crippen MR) is 99.6 cm³/mol. The van der Waals surface area contributed by atoms with E-state index in [1.807, 2.05) is 43.2 Å². The Morgan fingerprint density at radius 3 is 2.81 bits per heavy atom. The maximum atomic E-state index is 12.1. The van der Waals surface area contributed by atoms with Gasteiger partial charge in [-0.25, -0.2) is 4.79 Å². The topological polar surface area (TPSA) is 100 Å². The highest BCUT2D eigenvalue weighted by Crippen LogP contribution is 2.23. The van der Waals surface area contributed by atoms with Gasteiger partial charge in [0, 0.05) is 6.04 Å². The molecule has 1 atom stereocenters. The molecule has 26 heavy (non-hydrogen) atoms. The largest absolute Gasteiger partial charge is 0.419 e. The number of aromatic nitrogens is 2. The van der Waals surface area contributed by atoms with Crippen LogP contribution in [0.25, 0.3) is 10.8 Å². The number of hydrogen-bond acceptors (Lipinski definition) is 7. The number of urea groups is 1. The van der Waals surface area contributed by atoms with Gasteiger partial charge in [0.15, 0.2) is 0 Å². The van der Waals surface area contributed by atoms with Gasteiger partial charge in [0.05, 0.1) is 18.0 Å². The summed E-state index contributed by atoms with van der Waals surface area (Å²) >= 11 is 1.52. The van der Waals surface area contributed by atoms with Crippen LogP contribution in [0.1, 0.15) is 39.5 Å². The number of nitrogens with one attached hydrogen (secondary N) is 2. The van der Waals surface area contributed by atoms with Gasteiger partial charge in [-0.05, 0) is 37.8 Å². The number of nitrogens with zero attached hydrogens (tertiary/aromatic N) is 3. The van der Waals surface area contributed by atoms with E-state index in [2.05, 4.69) is 20.8 Å². The molecule has 0 aliphatic rings. The standard InChI is InChI=1S/C17H25N5O3S/c1-4-8-22(10-14(23)19-17(24)18-12(3)5-2)11-15-20-21-16(25-15)13-7-6-9-26-13/h6-7,9,12H,4-5,8,10-11H2,1-3H3,(H2,18,19,23,24)/t12-/m0/s1. The van der Waals surface area contributed by atoms with E-state index < -0.39 is 6.03 Å². The first-order valence-corrected chi connectivity index (χ1v) is 9.58. The Bertz CT molecular complexity index is 701. The summed E-state index contributed by atoms with van der Waals surface area (Å²) in [4.78, 5) is 26.6. The summed E-state index contributed by atoms with van der Waals surface area (Å²) in [7, 11) is 0. The summed E-state index contributed by atoms with van der Waals surface area (Å²) < 4.78 is 5.67. The Labute approximate surface area is 157 Å². The maximum Gasteiger partial charge on any atom is 0.321 e. The summed E-state index contributed by atoms with van der Waals surface area (Å²) in [6.45, 7) is 6.98. The molecule has 0 saturated heterocycles. The third-order valence-corrected chi connectivity index (χ3v) is 4.57. The normalized spacial score (nSPS) is 12.2. The van der Waals surface area contributed by atoms with Crippen LogP contribution in [-0.2, 0) is 11.3 Å². The molecular weight excluding hydrogens is 354 g/mol. The van der Waals surface area contributed by atoms with E-state index in [-0.39, 0.29) is 18.5 Å². The number of imide groups is 1. The molecule has 0 unspecified atom stereocenters. The minimum Gasteiger partial charge on any atom is -0.419 e. The summed E-state index contributed by atoms with van der Waals surface area (Å²) in [6.07, 6.45) is 1.66. The van der Waals surface area contributed by atoms with Crippen molar-refractivity contribution in [3.05, 3.63) is 23.4 Å². The van der Waals surface area contributed by atoms with Crippen molar-refractivity contribution in [3.8, 4) is 10.8 Å². The Morgan fingerprint density at radius 1 is 1.35 bits per heavy atom. The third kappa shape index (κ3) is 6.23. The first-order chi connectivity index (χ1) is 12.5. The Kier molecular flexibility index (Phi) is 7.73. The van der Waals surface area contributed by atoms with E-state index in [1.165, 1.54) is 11.3 Å². The SMILES string of the molecule is CCCN(CC(=O)NC(=O)N[C@@H](C)CC)Cc1nnc(-c2cccs2)o1. The monoisotopic (exact) mass is 379 g/mol. The van der Waals surface area contributed by atoms with Crippen LogP contribution < -0.4 is 10.6 Å². The molecule has 8 nitrogen and oxygen atoms in total. The molecule has 0 aliphatic carbocycles. The van der Waals surface area contributed by atoms with Crippen molar-refractivity contribution in [2.24, 2.45) is 0 Å². The molecule has 0 saturated carbocycles. The van der Waals surface area contributed by atoms with Crippen molar-refractivity contribution in [1.82, 2.24) is 25.7 Å². The van der Waals surface area contributed by atoms with E-state index in [4.69, 9.17) is 4.42 Å². The smallest absolute Gasteiger partial charge is 0.321 e. The van der Waals surface area contributed by atoms with Gasteiger partial charge < -0.3 is 9.73 Å². The van der Waals surface area contributed by atoms with Crippen LogP contribution in [0.15, 0.2) is 21.9 Å². The lowest BCUT2D eigenvalue weighted by atomic mass is 10.3. The van der Waals surface area contributed by atoms with Crippen molar-refractivity contribution in [2.75, 3.05) is 13.1 Å². The van der Waals surface area contributed by atoms with Crippen molar-refractivity contribution < 1.29 is 14.0 Å². The predicted octanol–water partition coefficient (Wildman–Crippen LogP) is 2.63. The lowest BCUT2D eigenvalue weighted by Crippen LogP contribution is -2.46. The molecular formula is C17H25N5O3S. The molecule has 9 heteroatoms. The van der Waals surface area contributed by atoms with Gasteiger partial charge in [-0.3, -0.25) is 15.0 Å². The molecule has 0 spiro atoms. The molecule has 2 rings (SSSR count). The lowest BCUT2D eigenvalue weighted by Gasteiger charge is -2.19. The van der Waals surface area contributed by atoms with Crippen LogP contribution in [0.5, 0.6) is 0 Å². The van der Waals surface area contributed by atoms with E-state index in [9.17, 15) is 9.59 Å². The molecule has 0 fully saturated rings. The van der Waals surface area contributed by atoms with Crippen LogP contribution in [0.3, 0.4) is 0 Å². The molecule has 0 radical (unpaired) electrons. The van der Waals surface area contributed by atoms with E-state index in [0.29, 0.717) is 24.9 Å². The number of amides is 3. The highest BCUT2D eigenvalue weighted by molar-refractivity contribution is 7.13. The van der Waals surface area contributed by atoms with Crippen molar-refractivity contribution in [2.45, 2.75) is 46.2 Å². The quantitative estimate of drug-likeness (QED) is 0.695. The molecule has 0 aliphatic heterocycles. The van der Waals surface area contributed by atoms with Crippen LogP contribution >= 0.6 is 11.3 Å². The fraction of sp³-hybridized carbons (Fsp3) is 0.529.